The first-order valence-corrected chi connectivity index (χ1v) is 11.6. The normalized spacial score (nSPS) is 15.5. The van der Waals surface area contributed by atoms with Crippen molar-refractivity contribution in [3.05, 3.63) is 28.7 Å². The number of carbonyl (C=O) groups excluding carboxylic acids is 2. The highest BCUT2D eigenvalue weighted by Crippen LogP contribution is 2.17. The molecule has 0 saturated carbocycles. The number of carbonyl (C=O) groups is 2. The van der Waals surface area contributed by atoms with Crippen LogP contribution in [0.2, 0.25) is 0 Å². The van der Waals surface area contributed by atoms with E-state index in [0.29, 0.717) is 12.3 Å². The summed E-state index contributed by atoms with van der Waals surface area (Å²) in [7, 11) is 0. The van der Waals surface area contributed by atoms with Crippen LogP contribution in [0.25, 0.3) is 0 Å². The lowest BCUT2D eigenvalue weighted by atomic mass is 9.99. The predicted molar refractivity (Wildman–Crippen MR) is 117 cm³/mol. The van der Waals surface area contributed by atoms with Gasteiger partial charge in [0.2, 0.25) is 11.8 Å². The highest BCUT2D eigenvalue weighted by molar-refractivity contribution is 9.10. The number of piperidine rings is 1. The number of hydrogen-bond donors (Lipinski definition) is 2. The Hall–Kier alpha value is -1.05. The van der Waals surface area contributed by atoms with Crippen molar-refractivity contribution >= 4 is 45.2 Å². The molecule has 0 aliphatic carbocycles. The van der Waals surface area contributed by atoms with E-state index in [2.05, 4.69) is 38.4 Å². The number of hydrogen-bond acceptors (Lipinski definition) is 4. The van der Waals surface area contributed by atoms with Gasteiger partial charge < -0.3 is 15.5 Å². The van der Waals surface area contributed by atoms with Gasteiger partial charge >= 0.3 is 0 Å². The summed E-state index contributed by atoms with van der Waals surface area (Å²) in [5.74, 6) is 1.36. The van der Waals surface area contributed by atoms with Crippen LogP contribution >= 0.6 is 27.7 Å². The summed E-state index contributed by atoms with van der Waals surface area (Å²) in [4.78, 5) is 26.3. The van der Waals surface area contributed by atoms with Crippen molar-refractivity contribution in [2.24, 2.45) is 5.92 Å². The Morgan fingerprint density at radius 1 is 1.19 bits per heavy atom. The Labute approximate surface area is 175 Å². The zero-order valence-corrected chi connectivity index (χ0v) is 18.4. The Morgan fingerprint density at radius 3 is 2.67 bits per heavy atom. The van der Waals surface area contributed by atoms with Crippen molar-refractivity contribution in [2.45, 2.75) is 32.6 Å². The summed E-state index contributed by atoms with van der Waals surface area (Å²) in [6.45, 7) is 6.61. The Morgan fingerprint density at radius 2 is 1.93 bits per heavy atom. The van der Waals surface area contributed by atoms with Gasteiger partial charge in [0.15, 0.2) is 0 Å². The van der Waals surface area contributed by atoms with Gasteiger partial charge in [-0.2, -0.15) is 0 Å². The average molecular weight is 456 g/mol. The minimum absolute atomic E-state index is 0.00190. The molecule has 1 aliphatic rings. The zero-order valence-electron chi connectivity index (χ0n) is 16.0. The van der Waals surface area contributed by atoms with Crippen LogP contribution < -0.4 is 10.6 Å². The Balaban J connectivity index is 1.46. The van der Waals surface area contributed by atoms with E-state index in [1.165, 1.54) is 37.7 Å². The molecule has 1 aromatic rings. The molecule has 0 bridgehead atoms. The fourth-order valence-electron chi connectivity index (χ4n) is 3.02. The SMILES string of the molecule is CC1CCN(CCCCNC(=O)CSCC(=O)Nc2cccc(Br)c2)CC1. The molecule has 1 aliphatic heterocycles. The number of likely N-dealkylation sites (tertiary alicyclic amines) is 1. The van der Waals surface area contributed by atoms with Crippen LogP contribution in [-0.4, -0.2) is 54.4 Å². The fraction of sp³-hybridized carbons (Fsp3) is 0.600. The van der Waals surface area contributed by atoms with Crippen LogP contribution in [0.4, 0.5) is 5.69 Å². The molecule has 27 heavy (non-hydrogen) atoms. The smallest absolute Gasteiger partial charge is 0.234 e. The third-order valence-corrected chi connectivity index (χ3v) is 6.10. The number of anilines is 1. The summed E-state index contributed by atoms with van der Waals surface area (Å²) >= 11 is 4.71. The van der Waals surface area contributed by atoms with E-state index in [9.17, 15) is 9.59 Å². The molecule has 2 rings (SSSR count). The molecule has 2 amide bonds. The second-order valence-electron chi connectivity index (χ2n) is 7.13. The molecule has 0 radical (unpaired) electrons. The van der Waals surface area contributed by atoms with Crippen molar-refractivity contribution in [3.63, 3.8) is 0 Å². The minimum Gasteiger partial charge on any atom is -0.355 e. The number of thioether (sulfide) groups is 1. The average Bonchev–Trinajstić information content (AvgIpc) is 2.63. The monoisotopic (exact) mass is 455 g/mol. The molecule has 0 spiro atoms. The van der Waals surface area contributed by atoms with Crippen LogP contribution in [-0.2, 0) is 9.59 Å². The molecular formula is C20H30BrN3O2S. The summed E-state index contributed by atoms with van der Waals surface area (Å²) in [5, 5.41) is 5.77. The molecule has 7 heteroatoms. The van der Waals surface area contributed by atoms with E-state index < -0.39 is 0 Å². The van der Waals surface area contributed by atoms with Gasteiger partial charge in [0, 0.05) is 16.7 Å². The molecule has 0 unspecified atom stereocenters. The molecule has 0 aromatic heterocycles. The van der Waals surface area contributed by atoms with Crippen molar-refractivity contribution in [3.8, 4) is 0 Å². The largest absolute Gasteiger partial charge is 0.355 e. The maximum absolute atomic E-state index is 11.9. The lowest BCUT2D eigenvalue weighted by Gasteiger charge is -2.30. The summed E-state index contributed by atoms with van der Waals surface area (Å²) in [5.41, 5.74) is 0.752. The number of amides is 2. The van der Waals surface area contributed by atoms with Gasteiger partial charge in [-0.25, -0.2) is 0 Å². The number of nitrogens with one attached hydrogen (secondary N) is 2. The summed E-state index contributed by atoms with van der Waals surface area (Å²) in [6, 6.07) is 7.46. The zero-order chi connectivity index (χ0) is 19.5. The van der Waals surface area contributed by atoms with E-state index in [0.717, 1.165) is 35.5 Å². The maximum atomic E-state index is 11.9. The Kier molecular flexibility index (Phi) is 10.2. The van der Waals surface area contributed by atoms with Crippen molar-refractivity contribution in [1.82, 2.24) is 10.2 Å². The van der Waals surface area contributed by atoms with Gasteiger partial charge in [0.25, 0.3) is 0 Å². The van der Waals surface area contributed by atoms with E-state index in [1.54, 1.807) is 0 Å². The van der Waals surface area contributed by atoms with Gasteiger partial charge in [-0.15, -0.1) is 11.8 Å². The predicted octanol–water partition coefficient (Wildman–Crippen LogP) is 3.75. The quantitative estimate of drug-likeness (QED) is 0.527. The van der Waals surface area contributed by atoms with Gasteiger partial charge in [0.05, 0.1) is 11.5 Å². The first-order valence-electron chi connectivity index (χ1n) is 9.65. The van der Waals surface area contributed by atoms with Crippen LogP contribution in [0.3, 0.4) is 0 Å². The number of unbranched alkanes of at least 4 members (excludes halogenated alkanes) is 1. The minimum atomic E-state index is -0.0956. The molecule has 1 fully saturated rings. The first kappa shape index (κ1) is 22.2. The van der Waals surface area contributed by atoms with Crippen molar-refractivity contribution in [2.75, 3.05) is 43.0 Å². The number of halogens is 1. The van der Waals surface area contributed by atoms with Crippen LogP contribution in [0, 0.1) is 5.92 Å². The molecule has 150 valence electrons. The van der Waals surface area contributed by atoms with Crippen LogP contribution in [0.5, 0.6) is 0 Å². The van der Waals surface area contributed by atoms with E-state index in [1.807, 2.05) is 24.3 Å². The molecule has 0 atom stereocenters. The fourth-order valence-corrected chi connectivity index (χ4v) is 4.07. The van der Waals surface area contributed by atoms with Gasteiger partial charge in [-0.1, -0.05) is 28.9 Å². The van der Waals surface area contributed by atoms with E-state index in [4.69, 9.17) is 0 Å². The van der Waals surface area contributed by atoms with Gasteiger partial charge in [-0.3, -0.25) is 9.59 Å². The molecule has 1 saturated heterocycles. The molecule has 5 nitrogen and oxygen atoms in total. The second kappa shape index (κ2) is 12.4. The highest BCUT2D eigenvalue weighted by atomic mass is 79.9. The molecule has 2 N–H and O–H groups in total. The second-order valence-corrected chi connectivity index (χ2v) is 9.03. The maximum Gasteiger partial charge on any atom is 0.234 e. The Bertz CT molecular complexity index is 607. The number of nitrogens with zero attached hydrogens (tertiary/aromatic N) is 1. The third-order valence-electron chi connectivity index (χ3n) is 4.67. The first-order chi connectivity index (χ1) is 13.0. The lowest BCUT2D eigenvalue weighted by molar-refractivity contribution is -0.118. The van der Waals surface area contributed by atoms with Crippen LogP contribution in [0.1, 0.15) is 32.6 Å². The lowest BCUT2D eigenvalue weighted by Crippen LogP contribution is -2.34. The standard InChI is InChI=1S/C20H30BrN3O2S/c1-16-7-11-24(12-8-16)10-3-2-9-22-19(25)14-27-15-20(26)23-18-6-4-5-17(21)13-18/h4-6,13,16H,2-3,7-12,14-15H2,1H3,(H,22,25)(H,23,26). The van der Waals surface area contributed by atoms with Crippen LogP contribution in [0.15, 0.2) is 28.7 Å². The van der Waals surface area contributed by atoms with E-state index >= 15 is 0 Å². The van der Waals surface area contributed by atoms with Crippen molar-refractivity contribution in [1.29, 1.82) is 0 Å². The molecule has 1 aromatic carbocycles. The van der Waals surface area contributed by atoms with Gasteiger partial charge in [0.1, 0.15) is 0 Å². The molecular weight excluding hydrogens is 426 g/mol. The third kappa shape index (κ3) is 9.63. The molecule has 1 heterocycles. The summed E-state index contributed by atoms with van der Waals surface area (Å²) in [6.07, 6.45) is 4.74. The van der Waals surface area contributed by atoms with E-state index in [-0.39, 0.29) is 17.6 Å². The van der Waals surface area contributed by atoms with Gasteiger partial charge in [-0.05, 0) is 69.4 Å². The number of benzene rings is 1. The van der Waals surface area contributed by atoms with Crippen molar-refractivity contribution < 1.29 is 9.59 Å². The highest BCUT2D eigenvalue weighted by Gasteiger charge is 2.14. The summed E-state index contributed by atoms with van der Waals surface area (Å²) < 4.78 is 0.919. The topological polar surface area (TPSA) is 61.4 Å². The number of rotatable bonds is 10.